The molecule has 4 aromatic rings. The molecule has 0 amide bonds. The van der Waals surface area contributed by atoms with Crippen LogP contribution in [0.1, 0.15) is 49.9 Å². The third kappa shape index (κ3) is 10.0. The van der Waals surface area contributed by atoms with E-state index in [4.69, 9.17) is 0 Å². The summed E-state index contributed by atoms with van der Waals surface area (Å²) in [6, 6.07) is 41.5. The molecule has 4 nitrogen and oxygen atoms in total. The van der Waals surface area contributed by atoms with Crippen molar-refractivity contribution in [3.63, 3.8) is 0 Å². The molecule has 0 saturated carbocycles. The summed E-state index contributed by atoms with van der Waals surface area (Å²) in [5, 5.41) is 23.5. The molecule has 0 aromatic heterocycles. The van der Waals surface area contributed by atoms with Crippen LogP contribution in [-0.2, 0) is 26.2 Å². The van der Waals surface area contributed by atoms with Gasteiger partial charge in [0.1, 0.15) is 0 Å². The van der Waals surface area contributed by atoms with Gasteiger partial charge in [0.25, 0.3) is 0 Å². The lowest BCUT2D eigenvalue weighted by molar-refractivity contribution is 0.0309. The Morgan fingerprint density at radius 1 is 0.432 bits per heavy atom. The molecule has 0 heterocycles. The second-order valence-electron chi connectivity index (χ2n) is 12.6. The molecule has 232 valence electrons. The Balaban J connectivity index is 1.58. The predicted molar refractivity (Wildman–Crippen MR) is 183 cm³/mol. The lowest BCUT2D eigenvalue weighted by atomic mass is 9.92. The van der Waals surface area contributed by atoms with E-state index in [1.807, 2.05) is 36.4 Å². The van der Waals surface area contributed by atoms with Gasteiger partial charge in [0.15, 0.2) is 0 Å². The van der Waals surface area contributed by atoms with Gasteiger partial charge in [-0.15, -0.1) is 0 Å². The fourth-order valence-electron chi connectivity index (χ4n) is 6.32. The maximum atomic E-state index is 11.7. The highest BCUT2D eigenvalue weighted by Gasteiger charge is 2.31. The van der Waals surface area contributed by atoms with Gasteiger partial charge in [-0.3, -0.25) is 9.80 Å². The van der Waals surface area contributed by atoms with Gasteiger partial charge >= 0.3 is 0 Å². The molecular weight excluding hydrogens is 540 g/mol. The van der Waals surface area contributed by atoms with E-state index in [-0.39, 0.29) is 23.9 Å². The minimum atomic E-state index is -0.749. The minimum Gasteiger partial charge on any atom is -0.387 e. The molecule has 0 bridgehead atoms. The molecule has 2 N–H and O–H groups in total. The Kier molecular flexibility index (Phi) is 12.9. The normalized spacial score (nSPS) is 14.9. The second-order valence-corrected chi connectivity index (χ2v) is 12.6. The highest BCUT2D eigenvalue weighted by Crippen LogP contribution is 2.25. The van der Waals surface area contributed by atoms with E-state index in [0.29, 0.717) is 0 Å². The van der Waals surface area contributed by atoms with Crippen LogP contribution < -0.4 is 0 Å². The summed E-state index contributed by atoms with van der Waals surface area (Å²) in [7, 11) is 0. The van der Waals surface area contributed by atoms with Crippen LogP contribution in [0.25, 0.3) is 0 Å². The van der Waals surface area contributed by atoms with Gasteiger partial charge in [-0.1, -0.05) is 161 Å². The summed E-state index contributed by atoms with van der Waals surface area (Å²) < 4.78 is 0. The van der Waals surface area contributed by atoms with Crippen LogP contribution in [0.2, 0.25) is 0 Å². The Bertz CT molecular complexity index is 1170. The van der Waals surface area contributed by atoms with Crippen LogP contribution >= 0.6 is 0 Å². The molecule has 44 heavy (non-hydrogen) atoms. The van der Waals surface area contributed by atoms with E-state index in [0.717, 1.165) is 26.2 Å². The van der Waals surface area contributed by atoms with E-state index >= 15 is 0 Å². The molecule has 4 atom stereocenters. The van der Waals surface area contributed by atoms with Crippen molar-refractivity contribution < 1.29 is 10.2 Å². The number of nitrogens with zero attached hydrogens (tertiary/aromatic N) is 2. The number of hydrogen-bond donors (Lipinski definition) is 2. The number of aliphatic hydroxyl groups excluding tert-OH is 2. The topological polar surface area (TPSA) is 46.9 Å². The van der Waals surface area contributed by atoms with Crippen molar-refractivity contribution >= 4 is 0 Å². The molecule has 0 saturated heterocycles. The van der Waals surface area contributed by atoms with Gasteiger partial charge in [-0.2, -0.15) is 0 Å². The third-order valence-electron chi connectivity index (χ3n) is 8.33. The van der Waals surface area contributed by atoms with Crippen molar-refractivity contribution in [3.05, 3.63) is 156 Å². The standard InChI is InChI=1S/C40H50N2O2/c1-31(2)39(41(27-33-17-9-5-10-18-33)28-34-19-11-6-12-20-34)37(43)25-26-38(44)40(32(3)4)42(29-35-21-13-7-14-22-35)30-36-23-15-8-16-24-36/h5-26,31-32,37-40,43-44H,27-30H2,1-4H3/b26-25+/t37-,38+,39+,40-. The molecule has 0 aliphatic carbocycles. The predicted octanol–water partition coefficient (Wildman–Crippen LogP) is 7.72. The van der Waals surface area contributed by atoms with Crippen molar-refractivity contribution in [1.29, 1.82) is 0 Å². The Morgan fingerprint density at radius 2 is 0.659 bits per heavy atom. The summed E-state index contributed by atoms with van der Waals surface area (Å²) >= 11 is 0. The fraction of sp³-hybridized carbons (Fsp3) is 0.350. The van der Waals surface area contributed by atoms with E-state index in [2.05, 4.69) is 135 Å². The van der Waals surface area contributed by atoms with Gasteiger partial charge in [0, 0.05) is 38.3 Å². The first-order valence-electron chi connectivity index (χ1n) is 16.0. The summed E-state index contributed by atoms with van der Waals surface area (Å²) in [6.07, 6.45) is 2.16. The van der Waals surface area contributed by atoms with Crippen molar-refractivity contribution in [3.8, 4) is 0 Å². The zero-order chi connectivity index (χ0) is 31.3. The highest BCUT2D eigenvalue weighted by atomic mass is 16.3. The summed E-state index contributed by atoms with van der Waals surface area (Å²) in [5.74, 6) is 0.376. The van der Waals surface area contributed by atoms with Crippen LogP contribution in [0.4, 0.5) is 0 Å². The largest absolute Gasteiger partial charge is 0.387 e. The highest BCUT2D eigenvalue weighted by molar-refractivity contribution is 5.20. The van der Waals surface area contributed by atoms with E-state index in [9.17, 15) is 10.2 Å². The van der Waals surface area contributed by atoms with Gasteiger partial charge in [-0.25, -0.2) is 0 Å². The molecule has 0 spiro atoms. The van der Waals surface area contributed by atoms with Crippen molar-refractivity contribution in [2.75, 3.05) is 0 Å². The molecule has 4 heteroatoms. The van der Waals surface area contributed by atoms with E-state index in [1.165, 1.54) is 22.3 Å². The number of rotatable bonds is 16. The molecule has 0 unspecified atom stereocenters. The SMILES string of the molecule is CC(C)[C@H]([C@@H](O)/C=C/[C@@H](O)[C@H](C(C)C)N(Cc1ccccc1)Cc1ccccc1)N(Cc1ccccc1)Cc1ccccc1. The third-order valence-corrected chi connectivity index (χ3v) is 8.33. The first-order chi connectivity index (χ1) is 21.3. The molecule has 0 radical (unpaired) electrons. The molecule has 0 fully saturated rings. The lowest BCUT2D eigenvalue weighted by Gasteiger charge is -2.38. The maximum Gasteiger partial charge on any atom is 0.0879 e. The minimum absolute atomic E-state index is 0.138. The molecular formula is C40H50N2O2. The van der Waals surface area contributed by atoms with Gasteiger partial charge in [0.05, 0.1) is 12.2 Å². The fourth-order valence-corrected chi connectivity index (χ4v) is 6.32. The Morgan fingerprint density at radius 3 is 0.864 bits per heavy atom. The molecule has 0 aliphatic heterocycles. The Labute approximate surface area is 265 Å². The van der Waals surface area contributed by atoms with Crippen molar-refractivity contribution in [2.45, 2.75) is 78.2 Å². The van der Waals surface area contributed by atoms with Crippen LogP contribution in [-0.4, -0.2) is 44.3 Å². The number of benzene rings is 4. The zero-order valence-electron chi connectivity index (χ0n) is 26.8. The second kappa shape index (κ2) is 17.1. The maximum absolute atomic E-state index is 11.7. The first-order valence-corrected chi connectivity index (χ1v) is 16.0. The van der Waals surface area contributed by atoms with Crippen LogP contribution in [0.3, 0.4) is 0 Å². The van der Waals surface area contributed by atoms with Gasteiger partial charge in [-0.05, 0) is 34.1 Å². The van der Waals surface area contributed by atoms with Crippen LogP contribution in [0.15, 0.2) is 133 Å². The summed E-state index contributed by atoms with van der Waals surface area (Å²) in [4.78, 5) is 4.74. The molecule has 0 aliphatic rings. The van der Waals surface area contributed by atoms with Crippen LogP contribution in [0, 0.1) is 11.8 Å². The summed E-state index contributed by atoms with van der Waals surface area (Å²) in [5.41, 5.74) is 4.84. The van der Waals surface area contributed by atoms with Gasteiger partial charge in [0.2, 0.25) is 0 Å². The average Bonchev–Trinajstić information content (AvgIpc) is 3.02. The van der Waals surface area contributed by atoms with Crippen molar-refractivity contribution in [2.24, 2.45) is 11.8 Å². The van der Waals surface area contributed by atoms with Gasteiger partial charge < -0.3 is 10.2 Å². The quantitative estimate of drug-likeness (QED) is 0.131. The monoisotopic (exact) mass is 590 g/mol. The number of aliphatic hydroxyl groups is 2. The number of hydrogen-bond acceptors (Lipinski definition) is 4. The molecule has 4 aromatic carbocycles. The van der Waals surface area contributed by atoms with Crippen molar-refractivity contribution in [1.82, 2.24) is 9.80 Å². The zero-order valence-corrected chi connectivity index (χ0v) is 26.8. The first kappa shape index (κ1) is 33.4. The molecule has 4 rings (SSSR count). The average molecular weight is 591 g/mol. The summed E-state index contributed by atoms with van der Waals surface area (Å²) in [6.45, 7) is 11.6. The Hall–Kier alpha value is -3.54. The van der Waals surface area contributed by atoms with E-state index < -0.39 is 12.2 Å². The lowest BCUT2D eigenvalue weighted by Crippen LogP contribution is -2.47. The van der Waals surface area contributed by atoms with E-state index in [1.54, 1.807) is 0 Å². The smallest absolute Gasteiger partial charge is 0.0879 e. The van der Waals surface area contributed by atoms with Crippen LogP contribution in [0.5, 0.6) is 0 Å².